The van der Waals surface area contributed by atoms with Crippen LogP contribution in [0.25, 0.3) is 0 Å². The molecule has 2 heterocycles. The van der Waals surface area contributed by atoms with Gasteiger partial charge in [-0.05, 0) is 32.4 Å². The van der Waals surface area contributed by atoms with Crippen molar-refractivity contribution in [3.8, 4) is 0 Å². The molecule has 1 amide bonds. The van der Waals surface area contributed by atoms with E-state index in [-0.39, 0.29) is 5.91 Å². The molecule has 16 heavy (non-hydrogen) atoms. The third-order valence-corrected chi connectivity index (χ3v) is 2.71. The van der Waals surface area contributed by atoms with Crippen molar-refractivity contribution in [1.29, 1.82) is 0 Å². The van der Waals surface area contributed by atoms with Crippen LogP contribution in [-0.2, 0) is 13.1 Å². The van der Waals surface area contributed by atoms with E-state index in [1.807, 2.05) is 17.7 Å². The summed E-state index contributed by atoms with van der Waals surface area (Å²) in [6.07, 6.45) is 2.27. The molecule has 5 heteroatoms. The first-order valence-electron chi connectivity index (χ1n) is 5.87. The molecule has 0 aliphatic carbocycles. The van der Waals surface area contributed by atoms with Crippen LogP contribution in [0.15, 0.2) is 6.07 Å². The monoisotopic (exact) mass is 222 g/mol. The van der Waals surface area contributed by atoms with Crippen molar-refractivity contribution in [3.63, 3.8) is 0 Å². The summed E-state index contributed by atoms with van der Waals surface area (Å²) in [6.45, 7) is 5.30. The number of hydrogen-bond donors (Lipinski definition) is 2. The average Bonchev–Trinajstić information content (AvgIpc) is 2.61. The zero-order valence-electron chi connectivity index (χ0n) is 9.62. The van der Waals surface area contributed by atoms with Crippen LogP contribution >= 0.6 is 0 Å². The number of hydrogen-bond acceptors (Lipinski definition) is 3. The summed E-state index contributed by atoms with van der Waals surface area (Å²) >= 11 is 0. The van der Waals surface area contributed by atoms with Crippen LogP contribution in [0.4, 0.5) is 0 Å². The lowest BCUT2D eigenvalue weighted by molar-refractivity contribution is 0.0950. The minimum Gasteiger partial charge on any atom is -0.351 e. The summed E-state index contributed by atoms with van der Waals surface area (Å²) in [5, 5.41) is 10.4. The molecule has 0 saturated carbocycles. The smallest absolute Gasteiger partial charge is 0.271 e. The average molecular weight is 222 g/mol. The number of aromatic nitrogens is 2. The van der Waals surface area contributed by atoms with E-state index in [4.69, 9.17) is 0 Å². The highest BCUT2D eigenvalue weighted by Gasteiger charge is 2.14. The zero-order chi connectivity index (χ0) is 11.4. The minimum absolute atomic E-state index is 0.0817. The second-order valence-electron chi connectivity index (χ2n) is 3.99. The van der Waals surface area contributed by atoms with Gasteiger partial charge in [-0.2, -0.15) is 5.10 Å². The van der Waals surface area contributed by atoms with Gasteiger partial charge in [0.05, 0.1) is 5.69 Å². The van der Waals surface area contributed by atoms with Crippen LogP contribution in [0.1, 0.15) is 35.9 Å². The SMILES string of the molecule is CCNC(=O)c1cc2n(n1)CCCCNC2. The topological polar surface area (TPSA) is 59.0 Å². The summed E-state index contributed by atoms with van der Waals surface area (Å²) in [6, 6.07) is 1.88. The van der Waals surface area contributed by atoms with Crippen molar-refractivity contribution in [2.75, 3.05) is 13.1 Å². The molecule has 2 rings (SSSR count). The molecule has 1 aromatic rings. The predicted octanol–water partition coefficient (Wildman–Crippen LogP) is 0.516. The molecule has 0 fully saturated rings. The zero-order valence-corrected chi connectivity index (χ0v) is 9.62. The van der Waals surface area contributed by atoms with Gasteiger partial charge in [0, 0.05) is 19.6 Å². The van der Waals surface area contributed by atoms with Crippen LogP contribution in [0.2, 0.25) is 0 Å². The molecule has 1 aliphatic heterocycles. The third-order valence-electron chi connectivity index (χ3n) is 2.71. The fourth-order valence-corrected chi connectivity index (χ4v) is 1.88. The number of nitrogens with one attached hydrogen (secondary N) is 2. The number of amides is 1. The van der Waals surface area contributed by atoms with E-state index in [0.29, 0.717) is 12.2 Å². The molecule has 1 aromatic heterocycles. The van der Waals surface area contributed by atoms with Gasteiger partial charge in [-0.15, -0.1) is 0 Å². The van der Waals surface area contributed by atoms with Gasteiger partial charge in [-0.1, -0.05) is 0 Å². The maximum absolute atomic E-state index is 11.6. The van der Waals surface area contributed by atoms with Crippen LogP contribution < -0.4 is 10.6 Å². The molecule has 0 bridgehead atoms. The molecular weight excluding hydrogens is 204 g/mol. The summed E-state index contributed by atoms with van der Waals surface area (Å²) in [5.41, 5.74) is 1.63. The van der Waals surface area contributed by atoms with Crippen molar-refractivity contribution in [1.82, 2.24) is 20.4 Å². The normalized spacial score (nSPS) is 16.1. The molecule has 0 radical (unpaired) electrons. The Morgan fingerprint density at radius 1 is 1.62 bits per heavy atom. The summed E-state index contributed by atoms with van der Waals surface area (Å²) < 4.78 is 1.94. The van der Waals surface area contributed by atoms with Crippen molar-refractivity contribution < 1.29 is 4.79 Å². The standard InChI is InChI=1S/C11H18N4O/c1-2-13-11(16)10-7-9-8-12-5-3-4-6-15(9)14-10/h7,12H,2-6,8H2,1H3,(H,13,16). The first kappa shape index (κ1) is 11.1. The molecule has 0 atom stereocenters. The van der Waals surface area contributed by atoms with E-state index in [9.17, 15) is 4.79 Å². The summed E-state index contributed by atoms with van der Waals surface area (Å²) in [4.78, 5) is 11.6. The maximum Gasteiger partial charge on any atom is 0.271 e. The molecule has 5 nitrogen and oxygen atoms in total. The second kappa shape index (κ2) is 5.12. The molecule has 0 saturated heterocycles. The van der Waals surface area contributed by atoms with E-state index in [1.165, 1.54) is 0 Å². The van der Waals surface area contributed by atoms with Crippen LogP contribution in [-0.4, -0.2) is 28.8 Å². The van der Waals surface area contributed by atoms with Gasteiger partial charge in [0.25, 0.3) is 5.91 Å². The van der Waals surface area contributed by atoms with E-state index in [0.717, 1.165) is 38.2 Å². The molecule has 1 aliphatic rings. The molecule has 0 spiro atoms. The van der Waals surface area contributed by atoms with Gasteiger partial charge in [0.1, 0.15) is 5.69 Å². The molecule has 0 aromatic carbocycles. The van der Waals surface area contributed by atoms with E-state index in [1.54, 1.807) is 0 Å². The quantitative estimate of drug-likeness (QED) is 0.767. The molecule has 0 unspecified atom stereocenters. The first-order valence-corrected chi connectivity index (χ1v) is 5.87. The first-order chi connectivity index (χ1) is 7.81. The lowest BCUT2D eigenvalue weighted by atomic mass is 10.2. The Labute approximate surface area is 95.2 Å². The van der Waals surface area contributed by atoms with Gasteiger partial charge < -0.3 is 10.6 Å². The van der Waals surface area contributed by atoms with Gasteiger partial charge in [-0.25, -0.2) is 0 Å². The number of carbonyl (C=O) groups is 1. The molecule has 88 valence electrons. The van der Waals surface area contributed by atoms with Crippen molar-refractivity contribution >= 4 is 5.91 Å². The Balaban J connectivity index is 2.17. The Kier molecular flexibility index (Phi) is 3.56. The predicted molar refractivity (Wildman–Crippen MR) is 61.2 cm³/mol. The number of rotatable bonds is 2. The molecule has 2 N–H and O–H groups in total. The fourth-order valence-electron chi connectivity index (χ4n) is 1.88. The Bertz CT molecular complexity index is 347. The lowest BCUT2D eigenvalue weighted by Gasteiger charge is -2.12. The number of fused-ring (bicyclic) bond motifs is 1. The van der Waals surface area contributed by atoms with E-state index < -0.39 is 0 Å². The number of aryl methyl sites for hydroxylation is 1. The number of nitrogens with zero attached hydrogens (tertiary/aromatic N) is 2. The van der Waals surface area contributed by atoms with Crippen LogP contribution in [0.5, 0.6) is 0 Å². The van der Waals surface area contributed by atoms with Crippen molar-refractivity contribution in [2.45, 2.75) is 32.9 Å². The summed E-state index contributed by atoms with van der Waals surface area (Å²) in [7, 11) is 0. The van der Waals surface area contributed by atoms with E-state index in [2.05, 4.69) is 15.7 Å². The Morgan fingerprint density at radius 2 is 2.50 bits per heavy atom. The van der Waals surface area contributed by atoms with Crippen LogP contribution in [0, 0.1) is 0 Å². The van der Waals surface area contributed by atoms with Gasteiger partial charge in [0.2, 0.25) is 0 Å². The van der Waals surface area contributed by atoms with E-state index >= 15 is 0 Å². The van der Waals surface area contributed by atoms with Crippen molar-refractivity contribution in [2.24, 2.45) is 0 Å². The minimum atomic E-state index is -0.0817. The maximum atomic E-state index is 11.6. The van der Waals surface area contributed by atoms with Gasteiger partial charge in [-0.3, -0.25) is 9.48 Å². The highest BCUT2D eigenvalue weighted by Crippen LogP contribution is 2.08. The summed E-state index contributed by atoms with van der Waals surface area (Å²) in [5.74, 6) is -0.0817. The largest absolute Gasteiger partial charge is 0.351 e. The Hall–Kier alpha value is -1.36. The van der Waals surface area contributed by atoms with Gasteiger partial charge in [0.15, 0.2) is 0 Å². The Morgan fingerprint density at radius 3 is 3.31 bits per heavy atom. The highest BCUT2D eigenvalue weighted by molar-refractivity contribution is 5.92. The highest BCUT2D eigenvalue weighted by atomic mass is 16.1. The third kappa shape index (κ3) is 2.41. The number of carbonyl (C=O) groups excluding carboxylic acids is 1. The molecular formula is C11H18N4O. The van der Waals surface area contributed by atoms with Gasteiger partial charge >= 0.3 is 0 Å². The second-order valence-corrected chi connectivity index (χ2v) is 3.99. The lowest BCUT2D eigenvalue weighted by Crippen LogP contribution is -2.23. The van der Waals surface area contributed by atoms with Crippen LogP contribution in [0.3, 0.4) is 0 Å². The van der Waals surface area contributed by atoms with Crippen molar-refractivity contribution in [3.05, 3.63) is 17.5 Å². The fraction of sp³-hybridized carbons (Fsp3) is 0.636.